The number of amides is 1. The van der Waals surface area contributed by atoms with E-state index in [2.05, 4.69) is 20.4 Å². The van der Waals surface area contributed by atoms with Crippen LogP contribution in [-0.2, 0) is 13.1 Å². The van der Waals surface area contributed by atoms with Gasteiger partial charge in [0.2, 0.25) is 5.88 Å². The van der Waals surface area contributed by atoms with Gasteiger partial charge in [-0.3, -0.25) is 4.79 Å². The van der Waals surface area contributed by atoms with E-state index in [1.54, 1.807) is 17.1 Å². The molecule has 1 N–H and O–H groups in total. The van der Waals surface area contributed by atoms with Crippen molar-refractivity contribution in [1.29, 1.82) is 0 Å². The Hall–Kier alpha value is -2.93. The summed E-state index contributed by atoms with van der Waals surface area (Å²) in [6.07, 6.45) is 4.58. The number of nitrogens with zero attached hydrogens (tertiary/aromatic N) is 4. The summed E-state index contributed by atoms with van der Waals surface area (Å²) in [7, 11) is 0. The molecule has 0 aliphatic rings. The van der Waals surface area contributed by atoms with Crippen LogP contribution in [0.4, 0.5) is 0 Å². The van der Waals surface area contributed by atoms with Crippen molar-refractivity contribution in [3.05, 3.63) is 70.9 Å². The standard InChI is InChI=1S/C19H20ClN5O2/c1-13(2)27-19-17(20)7-16(9-23-19)18(26)22-8-14-4-3-5-15(6-14)10-25-12-21-11-24-25/h3-7,9,11-13H,8,10H2,1-2H3,(H,22,26). The second-order valence-corrected chi connectivity index (χ2v) is 6.68. The molecule has 8 heteroatoms. The van der Waals surface area contributed by atoms with Gasteiger partial charge >= 0.3 is 0 Å². The fourth-order valence-corrected chi connectivity index (χ4v) is 2.69. The number of carbonyl (C=O) groups excluding carboxylic acids is 1. The van der Waals surface area contributed by atoms with Crippen LogP contribution in [0.3, 0.4) is 0 Å². The Morgan fingerprint density at radius 3 is 2.81 bits per heavy atom. The summed E-state index contributed by atoms with van der Waals surface area (Å²) in [6, 6.07) is 9.49. The molecule has 0 saturated heterocycles. The van der Waals surface area contributed by atoms with Crippen molar-refractivity contribution >= 4 is 17.5 Å². The van der Waals surface area contributed by atoms with Crippen molar-refractivity contribution in [1.82, 2.24) is 25.1 Å². The number of pyridine rings is 1. The van der Waals surface area contributed by atoms with Gasteiger partial charge in [0.25, 0.3) is 5.91 Å². The molecule has 0 bridgehead atoms. The maximum absolute atomic E-state index is 12.4. The number of rotatable bonds is 7. The van der Waals surface area contributed by atoms with Crippen molar-refractivity contribution in [3.63, 3.8) is 0 Å². The number of ether oxygens (including phenoxy) is 1. The van der Waals surface area contributed by atoms with Gasteiger partial charge in [-0.25, -0.2) is 14.6 Å². The Labute approximate surface area is 162 Å². The van der Waals surface area contributed by atoms with Crippen LogP contribution in [-0.4, -0.2) is 31.8 Å². The second kappa shape index (κ2) is 8.64. The number of halogens is 1. The fourth-order valence-electron chi connectivity index (χ4n) is 2.48. The van der Waals surface area contributed by atoms with E-state index in [4.69, 9.17) is 16.3 Å². The molecule has 2 heterocycles. The van der Waals surface area contributed by atoms with Crippen LogP contribution < -0.4 is 10.1 Å². The van der Waals surface area contributed by atoms with Crippen LogP contribution in [0.1, 0.15) is 35.3 Å². The molecule has 1 aromatic carbocycles. The molecule has 0 saturated carbocycles. The van der Waals surface area contributed by atoms with Crippen LogP contribution in [0.15, 0.2) is 49.2 Å². The molecule has 0 aliphatic carbocycles. The third kappa shape index (κ3) is 5.27. The zero-order valence-corrected chi connectivity index (χ0v) is 15.8. The van der Waals surface area contributed by atoms with Crippen molar-refractivity contribution in [3.8, 4) is 5.88 Å². The first-order valence-electron chi connectivity index (χ1n) is 8.52. The summed E-state index contributed by atoms with van der Waals surface area (Å²) < 4.78 is 7.22. The number of aromatic nitrogens is 4. The van der Waals surface area contributed by atoms with Crippen LogP contribution >= 0.6 is 11.6 Å². The molecular formula is C19H20ClN5O2. The normalized spacial score (nSPS) is 10.8. The lowest BCUT2D eigenvalue weighted by atomic mass is 10.1. The number of nitrogens with one attached hydrogen (secondary N) is 1. The highest BCUT2D eigenvalue weighted by Crippen LogP contribution is 2.23. The van der Waals surface area contributed by atoms with Gasteiger partial charge in [0.05, 0.1) is 18.2 Å². The molecule has 2 aromatic heterocycles. The first kappa shape index (κ1) is 18.8. The molecule has 0 fully saturated rings. The fraction of sp³-hybridized carbons (Fsp3) is 0.263. The van der Waals surface area contributed by atoms with Gasteiger partial charge < -0.3 is 10.1 Å². The van der Waals surface area contributed by atoms with E-state index in [1.165, 1.54) is 12.5 Å². The van der Waals surface area contributed by atoms with Crippen LogP contribution in [0.5, 0.6) is 5.88 Å². The highest BCUT2D eigenvalue weighted by molar-refractivity contribution is 6.32. The van der Waals surface area contributed by atoms with Crippen molar-refractivity contribution in [2.24, 2.45) is 0 Å². The molecule has 1 amide bonds. The van der Waals surface area contributed by atoms with Crippen molar-refractivity contribution in [2.75, 3.05) is 0 Å². The van der Waals surface area contributed by atoms with Gasteiger partial charge in [0, 0.05) is 12.7 Å². The third-order valence-electron chi connectivity index (χ3n) is 3.67. The Kier molecular flexibility index (Phi) is 6.03. The van der Waals surface area contributed by atoms with E-state index in [-0.39, 0.29) is 12.0 Å². The monoisotopic (exact) mass is 385 g/mol. The molecule has 0 unspecified atom stereocenters. The Bertz CT molecular complexity index is 912. The van der Waals surface area contributed by atoms with Crippen LogP contribution in [0.25, 0.3) is 0 Å². The number of hydrogen-bond acceptors (Lipinski definition) is 5. The minimum absolute atomic E-state index is 0.0422. The van der Waals surface area contributed by atoms with Gasteiger partial charge in [-0.15, -0.1) is 0 Å². The summed E-state index contributed by atoms with van der Waals surface area (Å²) >= 11 is 6.14. The summed E-state index contributed by atoms with van der Waals surface area (Å²) in [5.74, 6) is 0.0752. The molecule has 0 atom stereocenters. The summed E-state index contributed by atoms with van der Waals surface area (Å²) in [4.78, 5) is 20.4. The summed E-state index contributed by atoms with van der Waals surface area (Å²) in [5.41, 5.74) is 2.45. The topological polar surface area (TPSA) is 81.9 Å². The number of benzene rings is 1. The molecule has 27 heavy (non-hydrogen) atoms. The first-order chi connectivity index (χ1) is 13.0. The van der Waals surface area contributed by atoms with E-state index in [0.717, 1.165) is 11.1 Å². The molecular weight excluding hydrogens is 366 g/mol. The molecule has 0 aliphatic heterocycles. The first-order valence-corrected chi connectivity index (χ1v) is 8.89. The van der Waals surface area contributed by atoms with E-state index in [9.17, 15) is 4.79 Å². The van der Waals surface area contributed by atoms with Crippen LogP contribution in [0.2, 0.25) is 5.02 Å². The van der Waals surface area contributed by atoms with E-state index < -0.39 is 0 Å². The zero-order chi connectivity index (χ0) is 19.2. The largest absolute Gasteiger partial charge is 0.474 e. The highest BCUT2D eigenvalue weighted by atomic mass is 35.5. The quantitative estimate of drug-likeness (QED) is 0.675. The lowest BCUT2D eigenvalue weighted by Gasteiger charge is -2.11. The van der Waals surface area contributed by atoms with Gasteiger partial charge in [0.1, 0.15) is 17.7 Å². The maximum atomic E-state index is 12.4. The Balaban J connectivity index is 1.61. The number of hydrogen-bond donors (Lipinski definition) is 1. The van der Waals surface area contributed by atoms with E-state index >= 15 is 0 Å². The maximum Gasteiger partial charge on any atom is 0.253 e. The predicted octanol–water partition coefficient (Wildman–Crippen LogP) is 3.09. The number of carbonyl (C=O) groups is 1. The zero-order valence-electron chi connectivity index (χ0n) is 15.1. The molecule has 7 nitrogen and oxygen atoms in total. The lowest BCUT2D eigenvalue weighted by molar-refractivity contribution is 0.0950. The summed E-state index contributed by atoms with van der Waals surface area (Å²) in [5, 5.41) is 7.28. The van der Waals surface area contributed by atoms with E-state index in [0.29, 0.717) is 29.6 Å². The Morgan fingerprint density at radius 1 is 1.30 bits per heavy atom. The smallest absolute Gasteiger partial charge is 0.253 e. The molecule has 140 valence electrons. The lowest BCUT2D eigenvalue weighted by Crippen LogP contribution is -2.23. The van der Waals surface area contributed by atoms with Gasteiger partial charge in [-0.2, -0.15) is 5.10 Å². The third-order valence-corrected chi connectivity index (χ3v) is 3.94. The molecule has 3 rings (SSSR count). The average molecular weight is 386 g/mol. The van der Waals surface area contributed by atoms with Crippen molar-refractivity contribution < 1.29 is 9.53 Å². The van der Waals surface area contributed by atoms with Crippen molar-refractivity contribution in [2.45, 2.75) is 33.0 Å². The second-order valence-electron chi connectivity index (χ2n) is 6.27. The minimum atomic E-state index is -0.248. The van der Waals surface area contributed by atoms with E-state index in [1.807, 2.05) is 38.1 Å². The average Bonchev–Trinajstić information content (AvgIpc) is 3.14. The van der Waals surface area contributed by atoms with Gasteiger partial charge in [0.15, 0.2) is 0 Å². The molecule has 3 aromatic rings. The molecule has 0 spiro atoms. The SMILES string of the molecule is CC(C)Oc1ncc(C(=O)NCc2cccc(Cn3cncn3)c2)cc1Cl. The highest BCUT2D eigenvalue weighted by Gasteiger charge is 2.12. The van der Waals surface area contributed by atoms with Gasteiger partial charge in [-0.1, -0.05) is 35.9 Å². The summed E-state index contributed by atoms with van der Waals surface area (Å²) in [6.45, 7) is 4.79. The minimum Gasteiger partial charge on any atom is -0.474 e. The predicted molar refractivity (Wildman–Crippen MR) is 102 cm³/mol. The van der Waals surface area contributed by atoms with Gasteiger partial charge in [-0.05, 0) is 31.0 Å². The Morgan fingerprint density at radius 2 is 2.11 bits per heavy atom. The molecule has 0 radical (unpaired) electrons. The van der Waals surface area contributed by atoms with Crippen LogP contribution in [0, 0.1) is 0 Å².